The molecule has 0 fully saturated rings. The zero-order valence-corrected chi connectivity index (χ0v) is 12.5. The largest absolute Gasteiger partial charge is 0.466 e. The number of hydrogen-bond acceptors (Lipinski definition) is 5. The van der Waals surface area contributed by atoms with Gasteiger partial charge in [-0.1, -0.05) is 23.8 Å². The summed E-state index contributed by atoms with van der Waals surface area (Å²) in [4.78, 5) is 23.9. The van der Waals surface area contributed by atoms with Gasteiger partial charge in [-0.3, -0.25) is 0 Å². The van der Waals surface area contributed by atoms with Gasteiger partial charge in [-0.2, -0.15) is 0 Å². The molecule has 0 unspecified atom stereocenters. The van der Waals surface area contributed by atoms with Crippen LogP contribution in [0.15, 0.2) is 42.5 Å². The summed E-state index contributed by atoms with van der Waals surface area (Å²) in [6.45, 7) is 5.58. The van der Waals surface area contributed by atoms with Crippen molar-refractivity contribution in [2.24, 2.45) is 0 Å². The van der Waals surface area contributed by atoms with Crippen LogP contribution in [0.5, 0.6) is 0 Å². The predicted octanol–water partition coefficient (Wildman–Crippen LogP) is 2.37. The second-order valence-corrected chi connectivity index (χ2v) is 4.65. The van der Waals surface area contributed by atoms with Crippen LogP contribution in [0.2, 0.25) is 0 Å². The van der Waals surface area contributed by atoms with E-state index in [9.17, 15) is 9.59 Å². The Morgan fingerprint density at radius 2 is 1.81 bits per heavy atom. The first-order valence-corrected chi connectivity index (χ1v) is 6.50. The Morgan fingerprint density at radius 1 is 1.19 bits per heavy atom. The molecular weight excluding hydrogens is 272 g/mol. The lowest BCUT2D eigenvalue weighted by Gasteiger charge is -2.24. The molecule has 0 spiro atoms. The quantitative estimate of drug-likeness (QED) is 0.570. The number of esters is 2. The van der Waals surface area contributed by atoms with Gasteiger partial charge in [0.2, 0.25) is 6.10 Å². The van der Waals surface area contributed by atoms with Crippen molar-refractivity contribution < 1.29 is 23.8 Å². The third-order valence-corrected chi connectivity index (χ3v) is 2.87. The number of carbonyl (C=O) groups is 2. The lowest BCUT2D eigenvalue weighted by atomic mass is 10.1. The summed E-state index contributed by atoms with van der Waals surface area (Å²) < 4.78 is 15.2. The van der Waals surface area contributed by atoms with Crippen molar-refractivity contribution >= 4 is 11.9 Å². The van der Waals surface area contributed by atoms with E-state index in [2.05, 4.69) is 11.3 Å². The Morgan fingerprint density at radius 3 is 2.29 bits per heavy atom. The van der Waals surface area contributed by atoms with E-state index in [0.29, 0.717) is 12.0 Å². The fraction of sp³-hybridized carbons (Fsp3) is 0.375. The Balaban J connectivity index is 2.90. The number of benzene rings is 1. The minimum atomic E-state index is -1.13. The number of ether oxygens (including phenoxy) is 3. The molecule has 114 valence electrons. The normalized spacial score (nSPS) is 13.1. The fourth-order valence-electron chi connectivity index (χ4n) is 1.81. The monoisotopic (exact) mass is 292 g/mol. The third-order valence-electron chi connectivity index (χ3n) is 2.87. The molecule has 5 heteroatoms. The van der Waals surface area contributed by atoms with Crippen LogP contribution in [0.1, 0.15) is 23.7 Å². The molecule has 0 aliphatic carbocycles. The van der Waals surface area contributed by atoms with Crippen molar-refractivity contribution in [2.45, 2.75) is 25.6 Å². The zero-order valence-electron chi connectivity index (χ0n) is 12.5. The maximum atomic E-state index is 12.1. The van der Waals surface area contributed by atoms with Gasteiger partial charge in [0, 0.05) is 7.11 Å². The molecule has 21 heavy (non-hydrogen) atoms. The van der Waals surface area contributed by atoms with Gasteiger partial charge in [-0.25, -0.2) is 9.59 Å². The summed E-state index contributed by atoms with van der Waals surface area (Å²) in [5.74, 6) is -1.26. The van der Waals surface area contributed by atoms with Crippen molar-refractivity contribution in [2.75, 3.05) is 14.2 Å². The molecule has 0 aromatic heterocycles. The number of rotatable bonds is 7. The van der Waals surface area contributed by atoms with Gasteiger partial charge in [0.05, 0.1) is 12.7 Å². The highest BCUT2D eigenvalue weighted by atomic mass is 16.6. The maximum absolute atomic E-state index is 12.1. The Hall–Kier alpha value is -2.14. The fourth-order valence-corrected chi connectivity index (χ4v) is 1.81. The van der Waals surface area contributed by atoms with Crippen LogP contribution >= 0.6 is 0 Å². The van der Waals surface area contributed by atoms with Crippen LogP contribution in [0.25, 0.3) is 0 Å². The molecule has 1 aromatic carbocycles. The second-order valence-electron chi connectivity index (χ2n) is 4.65. The summed E-state index contributed by atoms with van der Waals surface area (Å²) in [7, 11) is 2.68. The smallest absolute Gasteiger partial charge is 0.349 e. The van der Waals surface area contributed by atoms with Gasteiger partial charge in [-0.15, -0.1) is 6.58 Å². The predicted molar refractivity (Wildman–Crippen MR) is 77.9 cm³/mol. The number of methoxy groups -OCH3 is 2. The van der Waals surface area contributed by atoms with E-state index in [-0.39, 0.29) is 0 Å². The lowest BCUT2D eigenvalue weighted by Crippen LogP contribution is -2.40. The van der Waals surface area contributed by atoms with E-state index in [1.54, 1.807) is 37.3 Å². The highest BCUT2D eigenvalue weighted by Gasteiger charge is 2.33. The highest BCUT2D eigenvalue weighted by Crippen LogP contribution is 2.16. The van der Waals surface area contributed by atoms with Crippen molar-refractivity contribution in [1.29, 1.82) is 0 Å². The number of carbonyl (C=O) groups excluding carboxylic acids is 2. The first-order chi connectivity index (χ1) is 9.99. The average Bonchev–Trinajstić information content (AvgIpc) is 2.50. The minimum absolute atomic E-state index is 0.358. The van der Waals surface area contributed by atoms with Gasteiger partial charge < -0.3 is 14.2 Å². The first-order valence-electron chi connectivity index (χ1n) is 6.50. The van der Waals surface area contributed by atoms with E-state index in [4.69, 9.17) is 9.47 Å². The van der Waals surface area contributed by atoms with Gasteiger partial charge in [0.25, 0.3) is 0 Å². The molecule has 0 amide bonds. The summed E-state index contributed by atoms with van der Waals surface area (Å²) >= 11 is 0. The molecule has 5 nitrogen and oxygen atoms in total. The average molecular weight is 292 g/mol. The summed E-state index contributed by atoms with van der Waals surface area (Å²) in [6, 6.07) is 8.43. The van der Waals surface area contributed by atoms with E-state index < -0.39 is 24.1 Å². The Labute approximate surface area is 124 Å². The number of hydrogen-bond donors (Lipinski definition) is 0. The van der Waals surface area contributed by atoms with E-state index in [0.717, 1.165) is 5.57 Å². The molecule has 0 N–H and O–H groups in total. The molecule has 1 aromatic rings. The molecule has 0 bridgehead atoms. The Bertz CT molecular complexity index is 495. The molecular formula is C16H20O5. The molecule has 1 rings (SSSR count). The van der Waals surface area contributed by atoms with Crippen LogP contribution in [0.4, 0.5) is 0 Å². The minimum Gasteiger partial charge on any atom is -0.466 e. The van der Waals surface area contributed by atoms with Gasteiger partial charge >= 0.3 is 11.9 Å². The van der Waals surface area contributed by atoms with Crippen molar-refractivity contribution in [3.05, 3.63) is 48.0 Å². The summed E-state index contributed by atoms with van der Waals surface area (Å²) in [6.07, 6.45) is -1.38. The molecule has 0 radical (unpaired) electrons. The summed E-state index contributed by atoms with van der Waals surface area (Å²) in [5.41, 5.74) is 1.17. The zero-order chi connectivity index (χ0) is 15.8. The summed E-state index contributed by atoms with van der Waals surface area (Å²) in [5, 5.41) is 0. The van der Waals surface area contributed by atoms with Gasteiger partial charge in [0.15, 0.2) is 0 Å². The topological polar surface area (TPSA) is 61.8 Å². The van der Waals surface area contributed by atoms with Crippen LogP contribution < -0.4 is 0 Å². The van der Waals surface area contributed by atoms with E-state index in [1.807, 2.05) is 0 Å². The van der Waals surface area contributed by atoms with Crippen molar-refractivity contribution in [3.63, 3.8) is 0 Å². The maximum Gasteiger partial charge on any atom is 0.349 e. The third kappa shape index (κ3) is 5.04. The van der Waals surface area contributed by atoms with Crippen LogP contribution in [0.3, 0.4) is 0 Å². The highest BCUT2D eigenvalue weighted by molar-refractivity contribution is 5.91. The van der Waals surface area contributed by atoms with Crippen LogP contribution in [-0.4, -0.2) is 38.4 Å². The first kappa shape index (κ1) is 16.9. The SMILES string of the molecule is C=C(C)C[C@@H](OC)[C@@H](OC(=O)c1ccccc1)C(=O)OC. The standard InChI is InChI=1S/C16H20O5/c1-11(2)10-13(19-3)14(16(18)20-4)21-15(17)12-8-6-5-7-9-12/h5-9,13-14H,1,10H2,2-4H3/t13-,14-/m1/s1. The lowest BCUT2D eigenvalue weighted by molar-refractivity contribution is -0.158. The van der Waals surface area contributed by atoms with Gasteiger partial charge in [0.1, 0.15) is 6.10 Å². The van der Waals surface area contributed by atoms with Crippen LogP contribution in [0, 0.1) is 0 Å². The molecule has 2 atom stereocenters. The second kappa shape index (κ2) is 8.21. The van der Waals surface area contributed by atoms with E-state index >= 15 is 0 Å². The van der Waals surface area contributed by atoms with Crippen molar-refractivity contribution in [3.8, 4) is 0 Å². The molecule has 0 heterocycles. The van der Waals surface area contributed by atoms with Gasteiger partial charge in [-0.05, 0) is 25.5 Å². The molecule has 0 aliphatic rings. The molecule has 0 aliphatic heterocycles. The van der Waals surface area contributed by atoms with E-state index in [1.165, 1.54) is 14.2 Å². The van der Waals surface area contributed by atoms with Crippen LogP contribution in [-0.2, 0) is 19.0 Å². The molecule has 0 saturated heterocycles. The van der Waals surface area contributed by atoms with Crippen molar-refractivity contribution in [1.82, 2.24) is 0 Å². The Kier molecular flexibility index (Phi) is 6.62. The molecule has 0 saturated carbocycles.